The van der Waals surface area contributed by atoms with E-state index in [1.807, 2.05) is 77.4 Å². The molecule has 0 spiro atoms. The molecule has 0 unspecified atom stereocenters. The number of carbonyl (C=O) groups excluding carboxylic acids is 1. The molecule has 0 aliphatic carbocycles. The molecule has 7 heteroatoms. The summed E-state index contributed by atoms with van der Waals surface area (Å²) in [7, 11) is 0. The van der Waals surface area contributed by atoms with Crippen LogP contribution in [0.1, 0.15) is 5.76 Å². The van der Waals surface area contributed by atoms with Gasteiger partial charge in [0.25, 0.3) is 5.91 Å². The number of pyridine rings is 1. The second kappa shape index (κ2) is 9.18. The van der Waals surface area contributed by atoms with E-state index < -0.39 is 0 Å². The normalized spacial score (nSPS) is 11.4. The van der Waals surface area contributed by atoms with Crippen LogP contribution in [0.15, 0.2) is 115 Å². The lowest BCUT2D eigenvalue weighted by molar-refractivity contribution is -0.121. The highest BCUT2D eigenvalue weighted by Crippen LogP contribution is 2.28. The van der Waals surface area contributed by atoms with Gasteiger partial charge in [-0.15, -0.1) is 0 Å². The molecule has 5 rings (SSSR count). The second-order valence-electron chi connectivity index (χ2n) is 7.31. The molecule has 162 valence electrons. The van der Waals surface area contributed by atoms with Gasteiger partial charge in [-0.05, 0) is 48.5 Å². The Kier molecular flexibility index (Phi) is 5.78. The van der Waals surface area contributed by atoms with Gasteiger partial charge >= 0.3 is 0 Å². The van der Waals surface area contributed by atoms with Gasteiger partial charge in [0.15, 0.2) is 10.5 Å². The van der Waals surface area contributed by atoms with Crippen molar-refractivity contribution in [1.29, 1.82) is 0 Å². The Morgan fingerprint density at radius 1 is 0.879 bits per heavy atom. The maximum absolute atomic E-state index is 12.8. The van der Waals surface area contributed by atoms with Crippen LogP contribution in [0, 0.1) is 0 Å². The monoisotopic (exact) mass is 453 g/mol. The number of aromatic nitrogens is 1. The van der Waals surface area contributed by atoms with Crippen molar-refractivity contribution in [2.75, 3.05) is 0 Å². The highest BCUT2D eigenvalue weighted by atomic mass is 32.2. The van der Waals surface area contributed by atoms with Crippen LogP contribution in [-0.2, 0) is 11.3 Å². The molecule has 6 nitrogen and oxygen atoms in total. The first kappa shape index (κ1) is 20.8. The van der Waals surface area contributed by atoms with Gasteiger partial charge in [-0.25, -0.2) is 5.43 Å². The van der Waals surface area contributed by atoms with Crippen LogP contribution in [0.3, 0.4) is 0 Å². The third-order valence-electron chi connectivity index (χ3n) is 5.13. The number of hydrogen-bond donors (Lipinski definition) is 1. The van der Waals surface area contributed by atoms with Crippen LogP contribution in [0.4, 0.5) is 0 Å². The minimum Gasteiger partial charge on any atom is -0.448 e. The first-order chi connectivity index (χ1) is 16.2. The van der Waals surface area contributed by atoms with Gasteiger partial charge in [-0.2, -0.15) is 5.10 Å². The summed E-state index contributed by atoms with van der Waals surface area (Å²) in [6.45, 7) is 0.0198. The van der Waals surface area contributed by atoms with Gasteiger partial charge < -0.3 is 8.98 Å². The molecule has 3 aromatic carbocycles. The summed E-state index contributed by atoms with van der Waals surface area (Å²) >= 11 is 1.51. The molecule has 1 amide bonds. The van der Waals surface area contributed by atoms with Gasteiger partial charge in [0.2, 0.25) is 0 Å². The number of para-hydroxylation sites is 2. The van der Waals surface area contributed by atoms with E-state index in [4.69, 9.17) is 4.42 Å². The molecular weight excluding hydrogens is 434 g/mol. The lowest BCUT2D eigenvalue weighted by atomic mass is 10.1. The van der Waals surface area contributed by atoms with E-state index in [1.165, 1.54) is 18.0 Å². The molecule has 0 bridgehead atoms. The molecule has 5 aromatic rings. The molecule has 2 heterocycles. The summed E-state index contributed by atoms with van der Waals surface area (Å²) < 4.78 is 7.57. The second-order valence-corrected chi connectivity index (χ2v) is 8.39. The zero-order valence-corrected chi connectivity index (χ0v) is 18.3. The van der Waals surface area contributed by atoms with Crippen molar-refractivity contribution < 1.29 is 9.21 Å². The van der Waals surface area contributed by atoms with E-state index in [0.717, 1.165) is 9.99 Å². The van der Waals surface area contributed by atoms with Crippen LogP contribution in [0.5, 0.6) is 0 Å². The molecule has 0 atom stereocenters. The number of furan rings is 1. The van der Waals surface area contributed by atoms with E-state index in [0.29, 0.717) is 27.6 Å². The quantitative estimate of drug-likeness (QED) is 0.222. The fraction of sp³-hybridized carbons (Fsp3) is 0.0385. The Bertz CT molecular complexity index is 1480. The minimum atomic E-state index is -0.310. The fourth-order valence-electron chi connectivity index (χ4n) is 3.66. The molecule has 0 fully saturated rings. The van der Waals surface area contributed by atoms with Crippen LogP contribution in [0.2, 0.25) is 0 Å². The van der Waals surface area contributed by atoms with Crippen molar-refractivity contribution in [2.24, 2.45) is 5.10 Å². The summed E-state index contributed by atoms with van der Waals surface area (Å²) in [5.41, 5.74) is 3.91. The number of carbonyl (C=O) groups is 1. The number of hydrazone groups is 1. The standard InChI is InChI=1S/C26H19N3O3S/c30-24(28-27-16-18-14-15-25(32-18)33-19-8-2-1-3-9-19)17-29-22-12-6-4-10-20(22)26(31)21-11-5-7-13-23(21)29/h1-16H,17H2,(H,28,30)/b27-16+. The molecule has 33 heavy (non-hydrogen) atoms. The number of hydrogen-bond acceptors (Lipinski definition) is 5. The third-order valence-corrected chi connectivity index (χ3v) is 6.05. The zero-order chi connectivity index (χ0) is 22.6. The molecule has 0 saturated carbocycles. The Hall–Kier alpha value is -4.10. The summed E-state index contributed by atoms with van der Waals surface area (Å²) in [5, 5.41) is 5.92. The molecular formula is C26H19N3O3S. The number of benzene rings is 3. The highest BCUT2D eigenvalue weighted by Gasteiger charge is 2.12. The number of rotatable bonds is 6. The first-order valence-electron chi connectivity index (χ1n) is 10.3. The fourth-order valence-corrected chi connectivity index (χ4v) is 4.46. The average molecular weight is 454 g/mol. The molecule has 0 aliphatic rings. The van der Waals surface area contributed by atoms with Crippen LogP contribution in [-0.4, -0.2) is 16.7 Å². The molecule has 1 N–H and O–H groups in total. The van der Waals surface area contributed by atoms with Gasteiger partial charge in [0, 0.05) is 15.7 Å². The van der Waals surface area contributed by atoms with Crippen molar-refractivity contribution in [1.82, 2.24) is 9.99 Å². The lowest BCUT2D eigenvalue weighted by Crippen LogP contribution is -2.25. The Morgan fingerprint density at radius 3 is 2.21 bits per heavy atom. The third kappa shape index (κ3) is 4.44. The minimum absolute atomic E-state index is 0.0198. The molecule has 0 saturated heterocycles. The first-order valence-corrected chi connectivity index (χ1v) is 11.2. The van der Waals surface area contributed by atoms with Gasteiger partial charge in [0.1, 0.15) is 12.3 Å². The number of nitrogens with zero attached hydrogens (tertiary/aromatic N) is 2. The summed E-state index contributed by atoms with van der Waals surface area (Å²) in [4.78, 5) is 26.6. The zero-order valence-electron chi connectivity index (χ0n) is 17.5. The van der Waals surface area contributed by atoms with Crippen LogP contribution < -0.4 is 10.9 Å². The smallest absolute Gasteiger partial charge is 0.260 e. The average Bonchev–Trinajstić information content (AvgIpc) is 3.29. The van der Waals surface area contributed by atoms with E-state index in [9.17, 15) is 9.59 Å². The lowest BCUT2D eigenvalue weighted by Gasteiger charge is -2.14. The SMILES string of the molecule is O=C(Cn1c2ccccc2c(=O)c2ccccc21)N/N=C/c1ccc(Sc2ccccc2)o1. The van der Waals surface area contributed by atoms with Crippen molar-refractivity contribution in [3.8, 4) is 0 Å². The van der Waals surface area contributed by atoms with Crippen LogP contribution in [0.25, 0.3) is 21.8 Å². The van der Waals surface area contributed by atoms with E-state index >= 15 is 0 Å². The van der Waals surface area contributed by atoms with Crippen molar-refractivity contribution in [3.63, 3.8) is 0 Å². The van der Waals surface area contributed by atoms with E-state index in [1.54, 1.807) is 18.2 Å². The predicted octanol–water partition coefficient (Wildman–Crippen LogP) is 5.05. The Balaban J connectivity index is 1.32. The van der Waals surface area contributed by atoms with Gasteiger partial charge in [-0.1, -0.05) is 54.2 Å². The van der Waals surface area contributed by atoms with Gasteiger partial charge in [0.05, 0.1) is 17.2 Å². The van der Waals surface area contributed by atoms with Crippen molar-refractivity contribution >= 4 is 45.7 Å². The maximum Gasteiger partial charge on any atom is 0.260 e. The largest absolute Gasteiger partial charge is 0.448 e. The Labute approximate surface area is 193 Å². The van der Waals surface area contributed by atoms with Crippen molar-refractivity contribution in [2.45, 2.75) is 16.5 Å². The molecule has 0 radical (unpaired) electrons. The maximum atomic E-state index is 12.8. The number of nitrogens with one attached hydrogen (secondary N) is 1. The van der Waals surface area contributed by atoms with Gasteiger partial charge in [-0.3, -0.25) is 9.59 Å². The molecule has 2 aromatic heterocycles. The highest BCUT2D eigenvalue weighted by molar-refractivity contribution is 7.99. The number of fused-ring (bicyclic) bond motifs is 2. The Morgan fingerprint density at radius 2 is 1.52 bits per heavy atom. The molecule has 0 aliphatic heterocycles. The van der Waals surface area contributed by atoms with E-state index in [2.05, 4.69) is 10.5 Å². The number of amides is 1. The summed E-state index contributed by atoms with van der Waals surface area (Å²) in [5.74, 6) is 0.226. The van der Waals surface area contributed by atoms with Crippen LogP contribution >= 0.6 is 11.8 Å². The topological polar surface area (TPSA) is 76.6 Å². The van der Waals surface area contributed by atoms with Crippen molar-refractivity contribution in [3.05, 3.63) is 107 Å². The summed E-state index contributed by atoms with van der Waals surface area (Å²) in [6.07, 6.45) is 1.47. The predicted molar refractivity (Wildman–Crippen MR) is 131 cm³/mol. The summed E-state index contributed by atoms with van der Waals surface area (Å²) in [6, 6.07) is 28.2. The van der Waals surface area contributed by atoms with E-state index in [-0.39, 0.29) is 17.9 Å².